The van der Waals surface area contributed by atoms with Gasteiger partial charge in [0.25, 0.3) is 11.5 Å². The lowest BCUT2D eigenvalue weighted by molar-refractivity contribution is -0.0588. The summed E-state index contributed by atoms with van der Waals surface area (Å²) in [7, 11) is 0. The molecule has 196 valence electrons. The van der Waals surface area contributed by atoms with E-state index in [4.69, 9.17) is 31.2 Å². The highest BCUT2D eigenvalue weighted by Crippen LogP contribution is 2.32. The highest BCUT2D eigenvalue weighted by Gasteiger charge is 2.44. The molecule has 0 unspecified atom stereocenters. The zero-order chi connectivity index (χ0) is 26.1. The molecule has 5 heterocycles. The molecule has 1 amide bonds. The van der Waals surface area contributed by atoms with E-state index in [1.54, 1.807) is 0 Å². The molecule has 9 N–H and O–H groups in total. The third-order valence-corrected chi connectivity index (χ3v) is 5.61. The van der Waals surface area contributed by atoms with Gasteiger partial charge in [-0.15, -0.1) is 5.10 Å². The maximum Gasteiger partial charge on any atom is 0.288 e. The number of aromatic nitrogens is 7. The number of amides is 1. The fourth-order valence-electron chi connectivity index (χ4n) is 3.79. The molecule has 0 bridgehead atoms. The number of nitrogen functional groups attached to an aromatic ring is 1. The predicted molar refractivity (Wildman–Crippen MR) is 115 cm³/mol. The fourth-order valence-corrected chi connectivity index (χ4v) is 3.79. The van der Waals surface area contributed by atoms with Crippen LogP contribution in [0, 0.1) is 0 Å². The Kier molecular flexibility index (Phi) is 7.24. The molecular formula is C18H24FN9O8. The van der Waals surface area contributed by atoms with E-state index in [0.29, 0.717) is 0 Å². The number of aliphatic hydroxyl groups is 4. The Hall–Kier alpha value is -3.55. The van der Waals surface area contributed by atoms with Crippen LogP contribution in [0.1, 0.15) is 29.5 Å². The van der Waals surface area contributed by atoms with Gasteiger partial charge in [0.05, 0.1) is 19.5 Å². The Morgan fingerprint density at radius 2 is 1.89 bits per heavy atom. The number of nitrogens with one attached hydrogen (secondary N) is 1. The highest BCUT2D eigenvalue weighted by molar-refractivity contribution is 5.88. The Balaban J connectivity index is 0.000000170. The van der Waals surface area contributed by atoms with Crippen molar-refractivity contribution < 1.29 is 39.1 Å². The van der Waals surface area contributed by atoms with Crippen molar-refractivity contribution in [2.24, 2.45) is 5.73 Å². The summed E-state index contributed by atoms with van der Waals surface area (Å²) < 4.78 is 26.6. The van der Waals surface area contributed by atoms with Gasteiger partial charge >= 0.3 is 0 Å². The van der Waals surface area contributed by atoms with Crippen molar-refractivity contribution in [2.75, 3.05) is 18.9 Å². The number of imidazole rings is 1. The van der Waals surface area contributed by atoms with E-state index in [2.05, 4.69) is 25.0 Å². The van der Waals surface area contributed by atoms with Crippen LogP contribution in [0.15, 0.2) is 17.4 Å². The van der Waals surface area contributed by atoms with E-state index in [1.807, 2.05) is 0 Å². The van der Waals surface area contributed by atoms with Crippen LogP contribution in [0.25, 0.3) is 11.2 Å². The summed E-state index contributed by atoms with van der Waals surface area (Å²) in [6, 6.07) is 0. The minimum Gasteiger partial charge on any atom is -0.394 e. The van der Waals surface area contributed by atoms with E-state index >= 15 is 0 Å². The normalized spacial score (nSPS) is 29.9. The number of rotatable bonds is 5. The topological polar surface area (TPSA) is 263 Å². The molecule has 2 aliphatic rings. The first kappa shape index (κ1) is 25.5. The number of carbonyl (C=O) groups excluding carboxylic acids is 1. The van der Waals surface area contributed by atoms with Crippen molar-refractivity contribution in [1.82, 2.24) is 34.3 Å². The van der Waals surface area contributed by atoms with Crippen molar-refractivity contribution in [3.05, 3.63) is 28.8 Å². The van der Waals surface area contributed by atoms with Crippen LogP contribution in [0.2, 0.25) is 0 Å². The standard InChI is InChI=1S/C10H12FN5O3.C8H12N4O5/c11-4-1-6(19-5(4)2-17)16-3-13-7-8(16)14-10(12)15-9(7)18;9-6(16)7-10-2-12(11-7)8-5(15)4(14)3(1-13)17-8/h3-6,17H,1-2H2,(H3,12,14,15,18);2-5,8,13-15H,1H2,(H2,9,16)/t4-,5+,6+;3-,4-,5-,8-/m01/s1. The number of H-pyrrole nitrogens is 1. The number of nitrogens with two attached hydrogens (primary N) is 2. The monoisotopic (exact) mass is 513 g/mol. The molecule has 17 nitrogen and oxygen atoms in total. The molecule has 2 fully saturated rings. The van der Waals surface area contributed by atoms with Crippen molar-refractivity contribution in [3.8, 4) is 0 Å². The third-order valence-electron chi connectivity index (χ3n) is 5.61. The van der Waals surface area contributed by atoms with Crippen molar-refractivity contribution >= 4 is 23.0 Å². The molecule has 0 aromatic carbocycles. The van der Waals surface area contributed by atoms with E-state index in [-0.39, 0.29) is 29.4 Å². The molecule has 0 aliphatic carbocycles. The molecule has 7 atom stereocenters. The minimum atomic E-state index is -1.27. The van der Waals surface area contributed by atoms with Crippen LogP contribution >= 0.6 is 0 Å². The maximum absolute atomic E-state index is 13.6. The number of anilines is 1. The lowest BCUT2D eigenvalue weighted by atomic mass is 10.1. The second-order valence-electron chi connectivity index (χ2n) is 7.98. The molecule has 18 heteroatoms. The van der Waals surface area contributed by atoms with Crippen molar-refractivity contribution in [1.29, 1.82) is 0 Å². The number of nitrogens with zero attached hydrogens (tertiary/aromatic N) is 6. The van der Waals surface area contributed by atoms with Gasteiger partial charge in [0.15, 0.2) is 17.4 Å². The van der Waals surface area contributed by atoms with Gasteiger partial charge in [-0.3, -0.25) is 19.1 Å². The van der Waals surface area contributed by atoms with Crippen LogP contribution < -0.4 is 17.0 Å². The largest absolute Gasteiger partial charge is 0.394 e. The summed E-state index contributed by atoms with van der Waals surface area (Å²) in [5.74, 6) is -1.08. The Morgan fingerprint density at radius 3 is 2.47 bits per heavy atom. The second kappa shape index (κ2) is 10.2. The number of aromatic amines is 1. The quantitative estimate of drug-likeness (QED) is 0.173. The average Bonchev–Trinajstić information content (AvgIpc) is 3.61. The van der Waals surface area contributed by atoms with Crippen LogP contribution in [0.5, 0.6) is 0 Å². The summed E-state index contributed by atoms with van der Waals surface area (Å²) in [4.78, 5) is 36.2. The Labute approximate surface area is 200 Å². The van der Waals surface area contributed by atoms with E-state index in [9.17, 15) is 24.2 Å². The van der Waals surface area contributed by atoms with E-state index < -0.39 is 67.7 Å². The number of aliphatic hydroxyl groups excluding tert-OH is 4. The molecule has 0 spiro atoms. The predicted octanol–water partition coefficient (Wildman–Crippen LogP) is -3.69. The number of hydrogen-bond donors (Lipinski definition) is 7. The van der Waals surface area contributed by atoms with Crippen molar-refractivity contribution in [2.45, 2.75) is 49.5 Å². The number of ether oxygens (including phenoxy) is 2. The van der Waals surface area contributed by atoms with Crippen LogP contribution in [0.3, 0.4) is 0 Å². The number of primary amides is 1. The molecule has 5 rings (SSSR count). The van der Waals surface area contributed by atoms with Gasteiger partial charge in [0.1, 0.15) is 43.1 Å². The SMILES string of the molecule is NC(=O)c1ncn([C@@H]2O[C@H](CO)[C@@H](O)[C@H]2O)n1.Nc1nc2c(ncn2[C@H]2C[C@H](F)[C@@H](CO)O2)c(=O)[nH]1. The van der Waals surface area contributed by atoms with Gasteiger partial charge < -0.3 is 41.4 Å². The molecule has 3 aromatic heterocycles. The molecule has 0 radical (unpaired) electrons. The van der Waals surface area contributed by atoms with Gasteiger partial charge in [-0.05, 0) is 0 Å². The van der Waals surface area contributed by atoms with Gasteiger partial charge in [-0.25, -0.2) is 19.0 Å². The van der Waals surface area contributed by atoms with Crippen LogP contribution in [0.4, 0.5) is 10.3 Å². The summed E-state index contributed by atoms with van der Waals surface area (Å²) in [6.45, 7) is -0.841. The second-order valence-corrected chi connectivity index (χ2v) is 7.98. The first-order valence-corrected chi connectivity index (χ1v) is 10.6. The van der Waals surface area contributed by atoms with Gasteiger partial charge in [-0.2, -0.15) is 4.98 Å². The zero-order valence-corrected chi connectivity index (χ0v) is 18.5. The average molecular weight is 513 g/mol. The molecule has 3 aromatic rings. The summed E-state index contributed by atoms with van der Waals surface area (Å²) >= 11 is 0. The zero-order valence-electron chi connectivity index (χ0n) is 18.5. The summed E-state index contributed by atoms with van der Waals surface area (Å²) in [5, 5.41) is 40.8. The smallest absolute Gasteiger partial charge is 0.288 e. The number of fused-ring (bicyclic) bond motifs is 1. The Bertz CT molecular complexity index is 1280. The third kappa shape index (κ3) is 4.76. The maximum atomic E-state index is 13.6. The van der Waals surface area contributed by atoms with Gasteiger partial charge in [0.2, 0.25) is 11.8 Å². The molecule has 36 heavy (non-hydrogen) atoms. The summed E-state index contributed by atoms with van der Waals surface area (Å²) in [5.41, 5.74) is 10.3. The van der Waals surface area contributed by atoms with E-state index in [0.717, 1.165) is 11.0 Å². The van der Waals surface area contributed by atoms with Crippen LogP contribution in [-0.4, -0.2) is 104 Å². The lowest BCUT2D eigenvalue weighted by Crippen LogP contribution is -2.33. The number of halogens is 1. The summed E-state index contributed by atoms with van der Waals surface area (Å²) in [6.07, 6.45) is -4.66. The molecule has 0 saturated carbocycles. The minimum absolute atomic E-state index is 0.0484. The van der Waals surface area contributed by atoms with Gasteiger partial charge in [0, 0.05) is 6.42 Å². The molecule has 2 saturated heterocycles. The fraction of sp³-hybridized carbons (Fsp3) is 0.556. The van der Waals surface area contributed by atoms with Crippen molar-refractivity contribution in [3.63, 3.8) is 0 Å². The number of hydrogen-bond acceptors (Lipinski definition) is 13. The van der Waals surface area contributed by atoms with Crippen LogP contribution in [-0.2, 0) is 9.47 Å². The first-order chi connectivity index (χ1) is 17.1. The molecular weight excluding hydrogens is 489 g/mol. The molecule has 2 aliphatic heterocycles. The van der Waals surface area contributed by atoms with E-state index in [1.165, 1.54) is 10.9 Å². The lowest BCUT2D eigenvalue weighted by Gasteiger charge is -2.13. The Morgan fingerprint density at radius 1 is 1.17 bits per heavy atom. The number of alkyl halides is 1. The van der Waals surface area contributed by atoms with Gasteiger partial charge in [-0.1, -0.05) is 0 Å². The first-order valence-electron chi connectivity index (χ1n) is 10.6. The highest BCUT2D eigenvalue weighted by atomic mass is 19.1. The number of carbonyl (C=O) groups is 1.